The van der Waals surface area contributed by atoms with Crippen LogP contribution >= 0.6 is 0 Å². The second-order valence-electron chi connectivity index (χ2n) is 16.3. The van der Waals surface area contributed by atoms with Crippen LogP contribution in [-0.2, 0) is 5.41 Å². The van der Waals surface area contributed by atoms with Gasteiger partial charge in [0.15, 0.2) is 17.5 Å². The lowest BCUT2D eigenvalue weighted by Crippen LogP contribution is -2.28. The van der Waals surface area contributed by atoms with E-state index in [0.29, 0.717) is 17.5 Å². The molecule has 0 N–H and O–H groups in total. The van der Waals surface area contributed by atoms with Crippen molar-refractivity contribution in [3.05, 3.63) is 211 Å². The van der Waals surface area contributed by atoms with Gasteiger partial charge in [0.2, 0.25) is 0 Å². The Bertz CT molecular complexity index is 3000. The highest BCUT2D eigenvalue weighted by Gasteiger charge is 2.45. The summed E-state index contributed by atoms with van der Waals surface area (Å²) in [6.45, 7) is 0. The number of fused-ring (bicyclic) bond motifs is 5. The first-order chi connectivity index (χ1) is 29.7. The van der Waals surface area contributed by atoms with Gasteiger partial charge in [0.1, 0.15) is 0 Å². The Morgan fingerprint density at radius 2 is 0.683 bits per heavy atom. The average Bonchev–Trinajstić information content (AvgIpc) is 3.60. The van der Waals surface area contributed by atoms with Gasteiger partial charge in [0.05, 0.1) is 0 Å². The predicted octanol–water partition coefficient (Wildman–Crippen LogP) is 14.8. The first-order valence-electron chi connectivity index (χ1n) is 21.2. The summed E-state index contributed by atoms with van der Waals surface area (Å²) >= 11 is 0. The number of rotatable bonds is 7. The summed E-state index contributed by atoms with van der Waals surface area (Å²) in [6.07, 6.45) is 6.36. The third-order valence-corrected chi connectivity index (χ3v) is 12.7. The van der Waals surface area contributed by atoms with Gasteiger partial charge in [-0.25, -0.2) is 15.0 Å². The van der Waals surface area contributed by atoms with Crippen LogP contribution in [0, 0.1) is 0 Å². The zero-order chi connectivity index (χ0) is 39.9. The molecule has 11 rings (SSSR count). The van der Waals surface area contributed by atoms with E-state index in [-0.39, 0.29) is 5.41 Å². The molecule has 1 saturated carbocycles. The minimum absolute atomic E-state index is 0.113. The molecule has 0 aliphatic heterocycles. The van der Waals surface area contributed by atoms with E-state index in [1.807, 2.05) is 24.3 Å². The molecule has 3 heteroatoms. The Kier molecular flexibility index (Phi) is 9.08. The Morgan fingerprint density at radius 3 is 1.30 bits per heavy atom. The molecule has 0 atom stereocenters. The molecule has 0 bridgehead atoms. The standard InChI is InChI=1S/C57H43N3/c1-4-16-39(17-5-1)44-21-13-24-47(37-44)55-58-54(42-18-6-2-7-19-42)59-56(60-55)48-25-14-23-46(38-48)45-22-12-20-43(36-45)40-30-32-41(33-31-40)49-27-15-28-51-50-26-8-9-29-52(50)57(53(49)51)34-10-3-11-35-57/h1-2,4-9,12-33,36-38H,3,10-11,34-35H2. The van der Waals surface area contributed by atoms with Crippen LogP contribution in [0.15, 0.2) is 200 Å². The molecule has 1 aromatic heterocycles. The number of hydrogen-bond acceptors (Lipinski definition) is 3. The van der Waals surface area contributed by atoms with Gasteiger partial charge < -0.3 is 0 Å². The van der Waals surface area contributed by atoms with Crippen LogP contribution in [0.3, 0.4) is 0 Å². The lowest BCUT2D eigenvalue weighted by Gasteiger charge is -2.37. The third kappa shape index (κ3) is 6.44. The minimum Gasteiger partial charge on any atom is -0.208 e. The quantitative estimate of drug-likeness (QED) is 0.162. The Morgan fingerprint density at radius 1 is 0.283 bits per heavy atom. The second kappa shape index (κ2) is 15.2. The first-order valence-corrected chi connectivity index (χ1v) is 21.2. The molecule has 8 aromatic carbocycles. The van der Waals surface area contributed by atoms with Crippen molar-refractivity contribution in [2.75, 3.05) is 0 Å². The first kappa shape index (κ1) is 35.9. The van der Waals surface area contributed by atoms with Crippen molar-refractivity contribution in [2.24, 2.45) is 0 Å². The minimum atomic E-state index is 0.113. The lowest BCUT2D eigenvalue weighted by atomic mass is 9.66. The van der Waals surface area contributed by atoms with E-state index in [1.165, 1.54) is 71.0 Å². The summed E-state index contributed by atoms with van der Waals surface area (Å²) in [6, 6.07) is 71.8. The maximum atomic E-state index is 5.11. The summed E-state index contributed by atoms with van der Waals surface area (Å²) in [5.74, 6) is 1.94. The van der Waals surface area contributed by atoms with Crippen molar-refractivity contribution in [2.45, 2.75) is 37.5 Å². The second-order valence-corrected chi connectivity index (χ2v) is 16.3. The van der Waals surface area contributed by atoms with Crippen molar-refractivity contribution < 1.29 is 0 Å². The molecule has 286 valence electrons. The highest BCUT2D eigenvalue weighted by molar-refractivity contribution is 5.89. The van der Waals surface area contributed by atoms with Crippen LogP contribution in [0.2, 0.25) is 0 Å². The average molecular weight is 770 g/mol. The normalized spacial score (nSPS) is 13.8. The maximum absolute atomic E-state index is 5.11. The van der Waals surface area contributed by atoms with Crippen molar-refractivity contribution >= 4 is 0 Å². The number of benzene rings is 8. The van der Waals surface area contributed by atoms with Crippen LogP contribution in [-0.4, -0.2) is 15.0 Å². The van der Waals surface area contributed by atoms with Crippen molar-refractivity contribution in [1.82, 2.24) is 15.0 Å². The topological polar surface area (TPSA) is 38.7 Å². The van der Waals surface area contributed by atoms with Gasteiger partial charge in [-0.3, -0.25) is 0 Å². The van der Waals surface area contributed by atoms with Gasteiger partial charge in [-0.15, -0.1) is 0 Å². The van der Waals surface area contributed by atoms with Crippen LogP contribution in [0.4, 0.5) is 0 Å². The molecule has 3 nitrogen and oxygen atoms in total. The molecule has 0 radical (unpaired) electrons. The summed E-state index contributed by atoms with van der Waals surface area (Å²) < 4.78 is 0. The molecule has 2 aliphatic carbocycles. The fourth-order valence-corrected chi connectivity index (χ4v) is 9.85. The molecular weight excluding hydrogens is 727 g/mol. The van der Waals surface area contributed by atoms with E-state index >= 15 is 0 Å². The molecule has 9 aromatic rings. The van der Waals surface area contributed by atoms with Crippen LogP contribution in [0.5, 0.6) is 0 Å². The van der Waals surface area contributed by atoms with Crippen molar-refractivity contribution in [3.8, 4) is 89.8 Å². The SMILES string of the molecule is c1ccc(-c2cccc(-c3nc(-c4ccccc4)nc(-c4cccc(-c5cccc(-c6ccc(-c7cccc8c7C7(CCCCC7)c7ccccc7-8)cc6)c5)c4)n3)c2)cc1. The molecule has 1 spiro atoms. The summed E-state index contributed by atoms with van der Waals surface area (Å²) in [4.78, 5) is 15.2. The zero-order valence-corrected chi connectivity index (χ0v) is 33.4. The van der Waals surface area contributed by atoms with E-state index < -0.39 is 0 Å². The number of nitrogens with zero attached hydrogens (tertiary/aromatic N) is 3. The molecule has 1 heterocycles. The van der Waals surface area contributed by atoms with Gasteiger partial charge in [-0.1, -0.05) is 201 Å². The van der Waals surface area contributed by atoms with Crippen LogP contribution < -0.4 is 0 Å². The van der Waals surface area contributed by atoms with Crippen LogP contribution in [0.1, 0.15) is 43.2 Å². The van der Waals surface area contributed by atoms with Crippen molar-refractivity contribution in [1.29, 1.82) is 0 Å². The smallest absolute Gasteiger partial charge is 0.164 e. The Hall–Kier alpha value is -7.23. The van der Waals surface area contributed by atoms with E-state index in [9.17, 15) is 0 Å². The highest BCUT2D eigenvalue weighted by atomic mass is 15.0. The fraction of sp³-hybridized carbons (Fsp3) is 0.105. The third-order valence-electron chi connectivity index (χ3n) is 12.7. The van der Waals surface area contributed by atoms with Crippen LogP contribution in [0.25, 0.3) is 89.8 Å². The van der Waals surface area contributed by atoms with Gasteiger partial charge in [0, 0.05) is 22.1 Å². The van der Waals surface area contributed by atoms with E-state index in [0.717, 1.165) is 38.9 Å². The highest BCUT2D eigenvalue weighted by Crippen LogP contribution is 2.58. The molecule has 0 unspecified atom stereocenters. The maximum Gasteiger partial charge on any atom is 0.164 e. The number of aromatic nitrogens is 3. The summed E-state index contributed by atoms with van der Waals surface area (Å²) in [7, 11) is 0. The molecule has 1 fully saturated rings. The molecular formula is C57H43N3. The van der Waals surface area contributed by atoms with Gasteiger partial charge in [-0.2, -0.15) is 0 Å². The van der Waals surface area contributed by atoms with Gasteiger partial charge in [0.25, 0.3) is 0 Å². The largest absolute Gasteiger partial charge is 0.208 e. The predicted molar refractivity (Wildman–Crippen MR) is 247 cm³/mol. The van der Waals surface area contributed by atoms with Gasteiger partial charge >= 0.3 is 0 Å². The summed E-state index contributed by atoms with van der Waals surface area (Å²) in [5, 5.41) is 0. The fourth-order valence-electron chi connectivity index (χ4n) is 9.85. The molecule has 0 saturated heterocycles. The lowest BCUT2D eigenvalue weighted by molar-refractivity contribution is 0.353. The number of hydrogen-bond donors (Lipinski definition) is 0. The van der Waals surface area contributed by atoms with E-state index in [4.69, 9.17) is 15.0 Å². The summed E-state index contributed by atoms with van der Waals surface area (Å²) in [5.41, 5.74) is 18.5. The van der Waals surface area contributed by atoms with E-state index in [2.05, 4.69) is 176 Å². The Balaban J connectivity index is 0.927. The molecule has 60 heavy (non-hydrogen) atoms. The molecule has 2 aliphatic rings. The van der Waals surface area contributed by atoms with Crippen molar-refractivity contribution in [3.63, 3.8) is 0 Å². The van der Waals surface area contributed by atoms with Gasteiger partial charge in [-0.05, 0) is 97.8 Å². The zero-order valence-electron chi connectivity index (χ0n) is 33.4. The molecule has 0 amide bonds. The monoisotopic (exact) mass is 769 g/mol. The Labute approximate surface area is 352 Å². The van der Waals surface area contributed by atoms with E-state index in [1.54, 1.807) is 5.56 Å².